The normalized spacial score (nSPS) is 11.9. The van der Waals surface area contributed by atoms with Crippen LogP contribution in [0.2, 0.25) is 0 Å². The van der Waals surface area contributed by atoms with Crippen LogP contribution in [0, 0.1) is 0 Å². The van der Waals surface area contributed by atoms with Crippen molar-refractivity contribution in [1.29, 1.82) is 0 Å². The molecule has 6 nitrogen and oxygen atoms in total. The number of hydrogen-bond donors (Lipinski definition) is 1. The average Bonchev–Trinajstić information content (AvgIpc) is 2.74. The minimum Gasteiger partial charge on any atom is -0.380 e. The zero-order chi connectivity index (χ0) is 16.1. The Bertz CT molecular complexity index is 761. The van der Waals surface area contributed by atoms with Gasteiger partial charge in [0.1, 0.15) is 0 Å². The Morgan fingerprint density at radius 3 is 2.77 bits per heavy atom. The summed E-state index contributed by atoms with van der Waals surface area (Å²) in [4.78, 5) is 27.2. The monoisotopic (exact) mass is 321 g/mol. The number of anilines is 1. The van der Waals surface area contributed by atoms with Crippen molar-refractivity contribution in [2.75, 3.05) is 18.5 Å². The zero-order valence-electron chi connectivity index (χ0n) is 12.9. The molecule has 1 aromatic carbocycles. The Kier molecular flexibility index (Phi) is 5.46. The van der Waals surface area contributed by atoms with E-state index in [9.17, 15) is 9.59 Å². The van der Waals surface area contributed by atoms with Crippen LogP contribution in [0.5, 0.6) is 0 Å². The Morgan fingerprint density at radius 1 is 1.36 bits per heavy atom. The summed E-state index contributed by atoms with van der Waals surface area (Å²) in [5.74, 6) is -0.354. The number of thiazole rings is 1. The molecule has 2 amide bonds. The van der Waals surface area contributed by atoms with Crippen LogP contribution in [0.3, 0.4) is 0 Å². The van der Waals surface area contributed by atoms with Crippen molar-refractivity contribution in [3.63, 3.8) is 0 Å². The third kappa shape index (κ3) is 4.02. The number of rotatable bonds is 5. The molecule has 2 aromatic rings. The van der Waals surface area contributed by atoms with Crippen molar-refractivity contribution in [2.45, 2.75) is 27.3 Å². The van der Waals surface area contributed by atoms with Crippen LogP contribution in [0.15, 0.2) is 23.2 Å². The summed E-state index contributed by atoms with van der Waals surface area (Å²) in [5.41, 5.74) is 1.70. The van der Waals surface area contributed by atoms with E-state index in [4.69, 9.17) is 4.74 Å². The molecule has 22 heavy (non-hydrogen) atoms. The van der Waals surface area contributed by atoms with E-state index in [1.165, 1.54) is 25.2 Å². The zero-order valence-corrected chi connectivity index (χ0v) is 13.7. The third-order valence-corrected chi connectivity index (χ3v) is 3.96. The standard InChI is InChI=1S/C15H19N3O3S/c1-4-21-8-7-18-13-6-5-12(16-10(2)19)9-14(13)22-15(18)17-11(3)20/h5-6,9H,4,7-8H2,1-3H3,(H,16,19). The molecular formula is C15H19N3O3S. The molecule has 0 radical (unpaired) electrons. The van der Waals surface area contributed by atoms with Gasteiger partial charge in [0.25, 0.3) is 0 Å². The lowest BCUT2D eigenvalue weighted by Crippen LogP contribution is -2.19. The molecule has 1 heterocycles. The summed E-state index contributed by atoms with van der Waals surface area (Å²) in [7, 11) is 0. The number of nitrogens with zero attached hydrogens (tertiary/aromatic N) is 2. The largest absolute Gasteiger partial charge is 0.380 e. The Balaban J connectivity index is 2.48. The maximum atomic E-state index is 11.3. The fourth-order valence-electron chi connectivity index (χ4n) is 2.09. The first kappa shape index (κ1) is 16.4. The van der Waals surface area contributed by atoms with Gasteiger partial charge in [0.15, 0.2) is 4.80 Å². The van der Waals surface area contributed by atoms with Crippen molar-refractivity contribution in [2.24, 2.45) is 4.99 Å². The summed E-state index contributed by atoms with van der Waals surface area (Å²) in [5, 5.41) is 2.75. The van der Waals surface area contributed by atoms with Crippen molar-refractivity contribution in [1.82, 2.24) is 4.57 Å². The van der Waals surface area contributed by atoms with Crippen LogP contribution in [-0.4, -0.2) is 29.6 Å². The van der Waals surface area contributed by atoms with E-state index in [0.717, 1.165) is 15.9 Å². The number of fused-ring (bicyclic) bond motifs is 1. The smallest absolute Gasteiger partial charge is 0.245 e. The number of benzene rings is 1. The first-order valence-corrected chi connectivity index (χ1v) is 7.87. The van der Waals surface area contributed by atoms with Gasteiger partial charge in [-0.25, -0.2) is 0 Å². The predicted molar refractivity (Wildman–Crippen MR) is 86.9 cm³/mol. The van der Waals surface area contributed by atoms with Gasteiger partial charge in [0.05, 0.1) is 16.8 Å². The van der Waals surface area contributed by atoms with Crippen LogP contribution >= 0.6 is 11.3 Å². The van der Waals surface area contributed by atoms with E-state index in [0.29, 0.717) is 24.6 Å². The van der Waals surface area contributed by atoms with Crippen LogP contribution in [0.25, 0.3) is 10.2 Å². The fourth-order valence-corrected chi connectivity index (χ4v) is 3.23. The summed E-state index contributed by atoms with van der Waals surface area (Å²) < 4.78 is 8.32. The van der Waals surface area contributed by atoms with Gasteiger partial charge in [0.2, 0.25) is 11.8 Å². The topological polar surface area (TPSA) is 72.7 Å². The predicted octanol–water partition coefficient (Wildman–Crippen LogP) is 2.14. The Morgan fingerprint density at radius 2 is 2.14 bits per heavy atom. The van der Waals surface area contributed by atoms with E-state index in [2.05, 4.69) is 10.3 Å². The highest BCUT2D eigenvalue weighted by molar-refractivity contribution is 7.16. The van der Waals surface area contributed by atoms with Gasteiger partial charge >= 0.3 is 0 Å². The molecule has 0 aliphatic carbocycles. The highest BCUT2D eigenvalue weighted by atomic mass is 32.1. The van der Waals surface area contributed by atoms with Crippen LogP contribution in [0.4, 0.5) is 5.69 Å². The SMILES string of the molecule is CCOCCn1c(=NC(C)=O)sc2cc(NC(C)=O)ccc21. The molecule has 0 spiro atoms. The number of aromatic nitrogens is 1. The molecule has 0 saturated carbocycles. The Labute approximate surface area is 132 Å². The number of hydrogen-bond acceptors (Lipinski definition) is 4. The van der Waals surface area contributed by atoms with Crippen molar-refractivity contribution >= 4 is 39.1 Å². The lowest BCUT2D eigenvalue weighted by Gasteiger charge is -2.06. The van der Waals surface area contributed by atoms with Gasteiger partial charge in [-0.3, -0.25) is 9.59 Å². The molecule has 0 aliphatic rings. The Hall–Kier alpha value is -1.99. The second kappa shape index (κ2) is 7.33. The molecule has 118 valence electrons. The van der Waals surface area contributed by atoms with Gasteiger partial charge in [0, 0.05) is 32.7 Å². The third-order valence-electron chi connectivity index (χ3n) is 2.92. The molecule has 0 fully saturated rings. The van der Waals surface area contributed by atoms with Crippen molar-refractivity contribution in [3.8, 4) is 0 Å². The summed E-state index contributed by atoms with van der Waals surface area (Å²) >= 11 is 1.42. The average molecular weight is 321 g/mol. The molecule has 0 aliphatic heterocycles. The highest BCUT2D eigenvalue weighted by Gasteiger charge is 2.08. The highest BCUT2D eigenvalue weighted by Crippen LogP contribution is 2.22. The van der Waals surface area contributed by atoms with E-state index in [1.54, 1.807) is 0 Å². The van der Waals surface area contributed by atoms with Gasteiger partial charge in [-0.15, -0.1) is 0 Å². The molecule has 1 aromatic heterocycles. The molecule has 7 heteroatoms. The second-order valence-electron chi connectivity index (χ2n) is 4.73. The maximum absolute atomic E-state index is 11.3. The van der Waals surface area contributed by atoms with Gasteiger partial charge in [-0.1, -0.05) is 11.3 Å². The number of nitrogens with one attached hydrogen (secondary N) is 1. The van der Waals surface area contributed by atoms with E-state index >= 15 is 0 Å². The minimum absolute atomic E-state index is 0.117. The molecular weight excluding hydrogens is 302 g/mol. The second-order valence-corrected chi connectivity index (χ2v) is 5.74. The van der Waals surface area contributed by atoms with Gasteiger partial charge in [-0.05, 0) is 25.1 Å². The lowest BCUT2D eigenvalue weighted by atomic mass is 10.3. The minimum atomic E-state index is -0.237. The fraction of sp³-hybridized carbons (Fsp3) is 0.400. The molecule has 2 rings (SSSR count). The van der Waals surface area contributed by atoms with Gasteiger partial charge < -0.3 is 14.6 Å². The molecule has 0 unspecified atom stereocenters. The lowest BCUT2D eigenvalue weighted by molar-refractivity contribution is -0.116. The van der Waals surface area contributed by atoms with E-state index in [1.807, 2.05) is 29.7 Å². The first-order valence-electron chi connectivity index (χ1n) is 7.05. The summed E-state index contributed by atoms with van der Waals surface area (Å²) in [6.07, 6.45) is 0. The van der Waals surface area contributed by atoms with Crippen LogP contribution in [0.1, 0.15) is 20.8 Å². The quantitative estimate of drug-likeness (QED) is 0.858. The number of carbonyl (C=O) groups is 2. The summed E-state index contributed by atoms with van der Waals surface area (Å²) in [6.45, 7) is 6.67. The maximum Gasteiger partial charge on any atom is 0.245 e. The number of ether oxygens (including phenoxy) is 1. The molecule has 0 bridgehead atoms. The van der Waals surface area contributed by atoms with E-state index < -0.39 is 0 Å². The van der Waals surface area contributed by atoms with Crippen LogP contribution in [-0.2, 0) is 20.9 Å². The van der Waals surface area contributed by atoms with Crippen molar-refractivity contribution < 1.29 is 14.3 Å². The summed E-state index contributed by atoms with van der Waals surface area (Å²) in [6, 6.07) is 5.64. The molecule has 1 N–H and O–H groups in total. The van der Waals surface area contributed by atoms with Gasteiger partial charge in [-0.2, -0.15) is 4.99 Å². The molecule has 0 atom stereocenters. The van der Waals surface area contributed by atoms with Crippen LogP contribution < -0.4 is 10.1 Å². The molecule has 0 saturated heterocycles. The van der Waals surface area contributed by atoms with E-state index in [-0.39, 0.29) is 11.8 Å². The first-order chi connectivity index (χ1) is 10.5. The number of carbonyl (C=O) groups excluding carboxylic acids is 2. The number of amides is 2. The van der Waals surface area contributed by atoms with Crippen molar-refractivity contribution in [3.05, 3.63) is 23.0 Å².